The highest BCUT2D eigenvalue weighted by molar-refractivity contribution is 5.89. The van der Waals surface area contributed by atoms with Gasteiger partial charge in [0.05, 0.1) is 0 Å². The van der Waals surface area contributed by atoms with Crippen molar-refractivity contribution in [3.8, 4) is 0 Å². The van der Waals surface area contributed by atoms with Crippen molar-refractivity contribution in [2.45, 2.75) is 71.8 Å². The first-order chi connectivity index (χ1) is 16.1. The summed E-state index contributed by atoms with van der Waals surface area (Å²) in [5.74, 6) is -1.80. The van der Waals surface area contributed by atoms with Gasteiger partial charge in [0.2, 0.25) is 6.29 Å². The largest absolute Gasteiger partial charge is 0.452 e. The van der Waals surface area contributed by atoms with E-state index in [0.717, 1.165) is 5.69 Å². The van der Waals surface area contributed by atoms with Gasteiger partial charge in [0.25, 0.3) is 5.91 Å². The number of nitrogens with zero attached hydrogens (tertiary/aromatic N) is 3. The van der Waals surface area contributed by atoms with Crippen LogP contribution in [0.5, 0.6) is 0 Å². The zero-order valence-corrected chi connectivity index (χ0v) is 20.6. The van der Waals surface area contributed by atoms with E-state index >= 15 is 0 Å². The van der Waals surface area contributed by atoms with Crippen molar-refractivity contribution in [1.29, 1.82) is 0 Å². The van der Waals surface area contributed by atoms with Crippen molar-refractivity contribution < 1.29 is 33.4 Å². The fourth-order valence-electron chi connectivity index (χ4n) is 3.55. The molecule has 0 radical (unpaired) electrons. The SMILES string of the molecule is CCC(=O)O[C@H](C(=O)N1CCC[C@@H]1C(=O)OC(C)OC(=O)N(C)CCc1ccccn1)C(C)C. The van der Waals surface area contributed by atoms with Crippen LogP contribution in [-0.2, 0) is 35.0 Å². The van der Waals surface area contributed by atoms with Crippen molar-refractivity contribution in [2.24, 2.45) is 5.92 Å². The topological polar surface area (TPSA) is 115 Å². The molecule has 0 N–H and O–H groups in total. The first-order valence-electron chi connectivity index (χ1n) is 11.7. The molecule has 34 heavy (non-hydrogen) atoms. The smallest absolute Gasteiger partial charge is 0.412 e. The Balaban J connectivity index is 1.89. The molecular weight excluding hydrogens is 442 g/mol. The van der Waals surface area contributed by atoms with Crippen molar-refractivity contribution in [2.75, 3.05) is 20.1 Å². The second-order valence-electron chi connectivity index (χ2n) is 8.58. The van der Waals surface area contributed by atoms with Crippen LogP contribution in [0.1, 0.15) is 52.7 Å². The summed E-state index contributed by atoms with van der Waals surface area (Å²) in [6.07, 6.45) is 0.688. The predicted molar refractivity (Wildman–Crippen MR) is 122 cm³/mol. The molecule has 1 aliphatic rings. The van der Waals surface area contributed by atoms with Crippen LogP contribution in [0.4, 0.5) is 4.79 Å². The van der Waals surface area contributed by atoms with E-state index < -0.39 is 42.4 Å². The molecule has 1 unspecified atom stereocenters. The van der Waals surface area contributed by atoms with Crippen molar-refractivity contribution in [1.82, 2.24) is 14.8 Å². The molecule has 188 valence electrons. The van der Waals surface area contributed by atoms with Gasteiger partial charge >= 0.3 is 18.0 Å². The van der Waals surface area contributed by atoms with Gasteiger partial charge in [-0.05, 0) is 30.9 Å². The van der Waals surface area contributed by atoms with E-state index in [-0.39, 0.29) is 12.3 Å². The van der Waals surface area contributed by atoms with Crippen LogP contribution < -0.4 is 0 Å². The Morgan fingerprint density at radius 3 is 2.50 bits per heavy atom. The highest BCUT2D eigenvalue weighted by Crippen LogP contribution is 2.23. The number of ether oxygens (including phenoxy) is 3. The number of hydrogen-bond donors (Lipinski definition) is 0. The first kappa shape index (κ1) is 27.1. The highest BCUT2D eigenvalue weighted by Gasteiger charge is 2.41. The zero-order valence-electron chi connectivity index (χ0n) is 20.6. The Labute approximate surface area is 200 Å². The van der Waals surface area contributed by atoms with Gasteiger partial charge in [0.1, 0.15) is 6.04 Å². The van der Waals surface area contributed by atoms with Crippen molar-refractivity contribution in [3.05, 3.63) is 30.1 Å². The van der Waals surface area contributed by atoms with E-state index in [9.17, 15) is 19.2 Å². The molecule has 10 nitrogen and oxygen atoms in total. The summed E-state index contributed by atoms with van der Waals surface area (Å²) in [7, 11) is 1.58. The number of aromatic nitrogens is 1. The molecule has 2 rings (SSSR count). The van der Waals surface area contributed by atoms with E-state index in [2.05, 4.69) is 4.98 Å². The fraction of sp³-hybridized carbons (Fsp3) is 0.625. The van der Waals surface area contributed by atoms with Crippen molar-refractivity contribution >= 4 is 23.9 Å². The number of likely N-dealkylation sites (N-methyl/N-ethyl adjacent to an activating group) is 1. The zero-order chi connectivity index (χ0) is 25.3. The van der Waals surface area contributed by atoms with Gasteiger partial charge in [-0.25, -0.2) is 9.59 Å². The summed E-state index contributed by atoms with van der Waals surface area (Å²) in [6.45, 7) is 7.40. The van der Waals surface area contributed by atoms with Crippen LogP contribution in [0.3, 0.4) is 0 Å². The molecular formula is C24H35N3O7. The molecule has 1 fully saturated rings. The molecule has 2 heterocycles. The van der Waals surface area contributed by atoms with E-state index in [0.29, 0.717) is 32.4 Å². The van der Waals surface area contributed by atoms with E-state index in [1.54, 1.807) is 34.0 Å². The minimum Gasteiger partial charge on any atom is -0.452 e. The third kappa shape index (κ3) is 7.71. The molecule has 1 aliphatic heterocycles. The number of esters is 2. The summed E-state index contributed by atoms with van der Waals surface area (Å²) < 4.78 is 15.9. The van der Waals surface area contributed by atoms with Crippen LogP contribution >= 0.6 is 0 Å². The van der Waals surface area contributed by atoms with Crippen LogP contribution in [0.15, 0.2) is 24.4 Å². The minimum absolute atomic E-state index is 0.154. The number of likely N-dealkylation sites (tertiary alicyclic amines) is 1. The molecule has 0 spiro atoms. The highest BCUT2D eigenvalue weighted by atomic mass is 16.7. The average Bonchev–Trinajstić information content (AvgIpc) is 3.30. The maximum atomic E-state index is 13.0. The molecule has 0 aliphatic carbocycles. The Bertz CT molecular complexity index is 846. The Hall–Kier alpha value is -3.17. The third-order valence-electron chi connectivity index (χ3n) is 5.49. The molecule has 3 atom stereocenters. The molecule has 1 saturated heterocycles. The first-order valence-corrected chi connectivity index (χ1v) is 11.7. The Morgan fingerprint density at radius 2 is 1.88 bits per heavy atom. The standard InChI is InChI=1S/C24H35N3O7/c1-6-20(28)34-21(16(2)3)22(29)27-14-9-11-19(27)23(30)32-17(4)33-24(31)26(5)15-12-18-10-7-8-13-25-18/h7-8,10,13,16-17,19,21H,6,9,11-12,14-15H2,1-5H3/t17?,19-,21+/m1/s1. The number of carbonyl (C=O) groups excluding carboxylic acids is 4. The van der Waals surface area contributed by atoms with E-state index in [4.69, 9.17) is 14.2 Å². The number of amides is 2. The van der Waals surface area contributed by atoms with Crippen LogP contribution in [0.2, 0.25) is 0 Å². The number of pyridine rings is 1. The van der Waals surface area contributed by atoms with Gasteiger partial charge in [-0.15, -0.1) is 0 Å². The second-order valence-corrected chi connectivity index (χ2v) is 8.58. The van der Waals surface area contributed by atoms with Gasteiger partial charge < -0.3 is 24.0 Å². The quantitative estimate of drug-likeness (QED) is 0.373. The minimum atomic E-state index is -1.13. The third-order valence-corrected chi connectivity index (χ3v) is 5.49. The molecule has 10 heteroatoms. The summed E-state index contributed by atoms with van der Waals surface area (Å²) in [5.41, 5.74) is 0.844. The van der Waals surface area contributed by atoms with Crippen molar-refractivity contribution in [3.63, 3.8) is 0 Å². The monoisotopic (exact) mass is 477 g/mol. The van der Waals surface area contributed by atoms with Gasteiger partial charge in [0, 0.05) is 51.8 Å². The van der Waals surface area contributed by atoms with Gasteiger partial charge in [-0.1, -0.05) is 26.8 Å². The molecule has 1 aromatic rings. The molecule has 0 aromatic carbocycles. The summed E-state index contributed by atoms with van der Waals surface area (Å²) in [6, 6.07) is 4.73. The average molecular weight is 478 g/mol. The van der Waals surface area contributed by atoms with Crippen LogP contribution in [0.25, 0.3) is 0 Å². The molecule has 0 bridgehead atoms. The lowest BCUT2D eigenvalue weighted by atomic mass is 10.1. The molecule has 0 saturated carbocycles. The van der Waals surface area contributed by atoms with E-state index in [1.165, 1.54) is 16.7 Å². The predicted octanol–water partition coefficient (Wildman–Crippen LogP) is 2.55. The van der Waals surface area contributed by atoms with Gasteiger partial charge in [-0.2, -0.15) is 0 Å². The summed E-state index contributed by atoms with van der Waals surface area (Å²) in [4.78, 5) is 56.9. The number of hydrogen-bond acceptors (Lipinski definition) is 8. The molecule has 2 amide bonds. The Kier molecular flexibility index (Phi) is 10.3. The fourth-order valence-corrected chi connectivity index (χ4v) is 3.55. The normalized spacial score (nSPS) is 17.1. The maximum Gasteiger partial charge on any atom is 0.412 e. The van der Waals surface area contributed by atoms with Crippen LogP contribution in [-0.4, -0.2) is 77.3 Å². The van der Waals surface area contributed by atoms with Gasteiger partial charge in [-0.3, -0.25) is 14.6 Å². The Morgan fingerprint density at radius 1 is 1.15 bits per heavy atom. The lowest BCUT2D eigenvalue weighted by Gasteiger charge is -2.29. The maximum absolute atomic E-state index is 13.0. The summed E-state index contributed by atoms with van der Waals surface area (Å²) >= 11 is 0. The van der Waals surface area contributed by atoms with Gasteiger partial charge in [0.15, 0.2) is 6.10 Å². The number of rotatable bonds is 10. The van der Waals surface area contributed by atoms with E-state index in [1.807, 2.05) is 18.2 Å². The summed E-state index contributed by atoms with van der Waals surface area (Å²) in [5, 5.41) is 0. The van der Waals surface area contributed by atoms with Crippen LogP contribution in [0, 0.1) is 5.92 Å². The molecule has 1 aromatic heterocycles. The second kappa shape index (κ2) is 12.9. The lowest BCUT2D eigenvalue weighted by molar-refractivity contribution is -0.176. The lowest BCUT2D eigenvalue weighted by Crippen LogP contribution is -2.49. The number of carbonyl (C=O) groups is 4.